The number of aryl methyl sites for hydroxylation is 4. The molecule has 0 amide bonds. The number of hydrogen-bond acceptors (Lipinski definition) is 0. The van der Waals surface area contributed by atoms with Crippen molar-refractivity contribution >= 4 is 0 Å². The van der Waals surface area contributed by atoms with Crippen molar-refractivity contribution in [2.45, 2.75) is 163 Å². The molecule has 0 bridgehead atoms. The summed E-state index contributed by atoms with van der Waals surface area (Å²) in [5, 5.41) is 0. The van der Waals surface area contributed by atoms with Gasteiger partial charge in [0.15, 0.2) is 0 Å². The molecule has 0 radical (unpaired) electrons. The maximum atomic E-state index is 2.39. The summed E-state index contributed by atoms with van der Waals surface area (Å²) in [6, 6.07) is 16.1. The quantitative estimate of drug-likeness (QED) is 0.157. The molecule has 0 heterocycles. The average Bonchev–Trinajstić information content (AvgIpc) is 2.92. The predicted molar refractivity (Wildman–Crippen MR) is 169 cm³/mol. The van der Waals surface area contributed by atoms with Crippen LogP contribution in [0.5, 0.6) is 0 Å². The Morgan fingerprint density at radius 3 is 0.973 bits per heavy atom. The molecule has 0 aliphatic heterocycles. The van der Waals surface area contributed by atoms with Crippen LogP contribution in [-0.4, -0.2) is 0 Å². The van der Waals surface area contributed by atoms with Gasteiger partial charge >= 0.3 is 0 Å². The van der Waals surface area contributed by atoms with Gasteiger partial charge in [0, 0.05) is 0 Å². The van der Waals surface area contributed by atoms with Crippen molar-refractivity contribution in [1.82, 2.24) is 0 Å². The van der Waals surface area contributed by atoms with Crippen molar-refractivity contribution in [3.8, 4) is 0 Å². The lowest BCUT2D eigenvalue weighted by Crippen LogP contribution is -2.01. The van der Waals surface area contributed by atoms with Crippen molar-refractivity contribution in [3.63, 3.8) is 0 Å². The first-order valence-corrected chi connectivity index (χ1v) is 16.4. The monoisotopic (exact) mass is 506 g/mol. The van der Waals surface area contributed by atoms with Crippen LogP contribution in [-0.2, 0) is 32.1 Å². The van der Waals surface area contributed by atoms with Gasteiger partial charge in [-0.3, -0.25) is 0 Å². The Balaban J connectivity index is 0.000000384. The van der Waals surface area contributed by atoms with Crippen LogP contribution in [0.15, 0.2) is 42.5 Å². The molecule has 0 fully saturated rings. The van der Waals surface area contributed by atoms with Crippen molar-refractivity contribution in [3.05, 3.63) is 70.3 Å². The Bertz CT molecular complexity index is 714. The van der Waals surface area contributed by atoms with E-state index in [4.69, 9.17) is 0 Å². The molecule has 0 nitrogen and oxygen atoms in total. The van der Waals surface area contributed by atoms with Crippen LogP contribution in [0.25, 0.3) is 0 Å². The number of unbranched alkanes of at least 4 members (excludes halogenated alkanes) is 10. The van der Waals surface area contributed by atoms with E-state index in [9.17, 15) is 0 Å². The van der Waals surface area contributed by atoms with Gasteiger partial charge < -0.3 is 0 Å². The van der Waals surface area contributed by atoms with Gasteiger partial charge in [-0.1, -0.05) is 141 Å². The number of rotatable bonds is 20. The molecular weight excluding hydrogens is 444 g/mol. The summed E-state index contributed by atoms with van der Waals surface area (Å²) in [5.41, 5.74) is 8.18. The van der Waals surface area contributed by atoms with Gasteiger partial charge in [0.25, 0.3) is 0 Å². The second kappa shape index (κ2) is 23.5. The second-order valence-electron chi connectivity index (χ2n) is 11.1. The summed E-state index contributed by atoms with van der Waals surface area (Å²) < 4.78 is 0. The summed E-state index contributed by atoms with van der Waals surface area (Å²) in [4.78, 5) is 0. The van der Waals surface area contributed by atoms with Crippen LogP contribution in [0.1, 0.15) is 159 Å². The maximum absolute atomic E-state index is 2.39. The Hall–Kier alpha value is -1.56. The molecule has 2 aromatic rings. The van der Waals surface area contributed by atoms with E-state index in [1.165, 1.54) is 128 Å². The molecule has 0 saturated carbocycles. The Labute approximate surface area is 233 Å². The van der Waals surface area contributed by atoms with E-state index in [0.717, 1.165) is 0 Å². The molecular formula is C37H62. The normalized spacial score (nSPS) is 10.8. The highest BCUT2D eigenvalue weighted by Crippen LogP contribution is 2.22. The highest BCUT2D eigenvalue weighted by atomic mass is 14.1. The van der Waals surface area contributed by atoms with E-state index in [1.54, 1.807) is 27.8 Å². The van der Waals surface area contributed by atoms with Crippen LogP contribution in [0, 0.1) is 0 Å². The molecule has 0 aliphatic carbocycles. The third kappa shape index (κ3) is 15.4. The van der Waals surface area contributed by atoms with Gasteiger partial charge in [0.2, 0.25) is 0 Å². The van der Waals surface area contributed by atoms with Gasteiger partial charge in [0.1, 0.15) is 0 Å². The third-order valence-corrected chi connectivity index (χ3v) is 7.72. The Kier molecular flexibility index (Phi) is 21.3. The molecule has 0 heteroatoms. The lowest BCUT2D eigenvalue weighted by atomic mass is 9.90. The minimum absolute atomic E-state index is 1.27. The molecule has 0 aliphatic rings. The first-order valence-electron chi connectivity index (χ1n) is 16.4. The van der Waals surface area contributed by atoms with Gasteiger partial charge in [-0.15, -0.1) is 0 Å². The van der Waals surface area contributed by atoms with Gasteiger partial charge in [-0.2, -0.15) is 0 Å². The fourth-order valence-corrected chi connectivity index (χ4v) is 5.34. The fourth-order valence-electron chi connectivity index (χ4n) is 5.34. The molecule has 37 heavy (non-hydrogen) atoms. The van der Waals surface area contributed by atoms with Crippen LogP contribution < -0.4 is 0 Å². The van der Waals surface area contributed by atoms with Crippen molar-refractivity contribution in [2.24, 2.45) is 0 Å². The molecule has 0 saturated heterocycles. The number of hydrogen-bond donors (Lipinski definition) is 0. The largest absolute Gasteiger partial charge is 0.0654 e. The third-order valence-electron chi connectivity index (χ3n) is 7.72. The topological polar surface area (TPSA) is 0 Å². The molecule has 0 spiro atoms. The molecule has 0 unspecified atom stereocenters. The van der Waals surface area contributed by atoms with E-state index in [0.29, 0.717) is 0 Å². The average molecular weight is 507 g/mol. The smallest absolute Gasteiger partial charge is 0.0273 e. The molecule has 2 aromatic carbocycles. The summed E-state index contributed by atoms with van der Waals surface area (Å²) >= 11 is 0. The zero-order valence-electron chi connectivity index (χ0n) is 25.7. The zero-order chi connectivity index (χ0) is 27.0. The Morgan fingerprint density at radius 1 is 0.324 bits per heavy atom. The zero-order valence-corrected chi connectivity index (χ0v) is 25.7. The van der Waals surface area contributed by atoms with Crippen LogP contribution >= 0.6 is 0 Å². The van der Waals surface area contributed by atoms with Crippen LogP contribution in [0.2, 0.25) is 0 Å². The van der Waals surface area contributed by atoms with Gasteiger partial charge in [0.05, 0.1) is 0 Å². The molecule has 0 N–H and O–H groups in total. The second-order valence-corrected chi connectivity index (χ2v) is 11.1. The van der Waals surface area contributed by atoms with E-state index in [2.05, 4.69) is 77.1 Å². The minimum Gasteiger partial charge on any atom is -0.0654 e. The van der Waals surface area contributed by atoms with E-state index in [-0.39, 0.29) is 0 Å². The summed E-state index contributed by atoms with van der Waals surface area (Å²) in [6.07, 6.45) is 26.6. The van der Waals surface area contributed by atoms with Crippen molar-refractivity contribution in [1.29, 1.82) is 0 Å². The highest BCUT2D eigenvalue weighted by molar-refractivity contribution is 5.36. The lowest BCUT2D eigenvalue weighted by Gasteiger charge is -2.15. The Morgan fingerprint density at radius 2 is 0.622 bits per heavy atom. The van der Waals surface area contributed by atoms with Crippen molar-refractivity contribution in [2.75, 3.05) is 0 Å². The summed E-state index contributed by atoms with van der Waals surface area (Å²) in [6.45, 7) is 11.4. The predicted octanol–water partition coefficient (Wildman–Crippen LogP) is 12.0. The van der Waals surface area contributed by atoms with Crippen molar-refractivity contribution < 1.29 is 0 Å². The lowest BCUT2D eigenvalue weighted by molar-refractivity contribution is 0.678. The standard InChI is InChI=1S/C21H36.C16H26/c1-4-7-10-14-19-16-13-17-20(15-11-8-5-2)21(19)18-12-9-6-3;1-3-5-7-11-15-13-9-10-14-16(15)12-8-6-4-2/h13,16-17H,4-12,14-15,18H2,1-3H3;9-10,13-14H,3-8,11-12H2,1-2H3. The minimum atomic E-state index is 1.27. The summed E-state index contributed by atoms with van der Waals surface area (Å²) in [7, 11) is 0. The molecule has 2 rings (SSSR count). The first-order chi connectivity index (χ1) is 18.2. The number of benzene rings is 2. The maximum Gasteiger partial charge on any atom is -0.0273 e. The van der Waals surface area contributed by atoms with Crippen LogP contribution in [0.4, 0.5) is 0 Å². The van der Waals surface area contributed by atoms with Gasteiger partial charge in [-0.05, 0) is 92.0 Å². The molecule has 210 valence electrons. The highest BCUT2D eigenvalue weighted by Gasteiger charge is 2.08. The molecule has 0 aromatic heterocycles. The van der Waals surface area contributed by atoms with E-state index >= 15 is 0 Å². The molecule has 0 atom stereocenters. The SMILES string of the molecule is CCCCCc1cccc(CCCCC)c1CCCCC.CCCCCc1ccccc1CCCCC. The fraction of sp³-hybridized carbons (Fsp3) is 0.676. The summed E-state index contributed by atoms with van der Waals surface area (Å²) in [5.74, 6) is 0. The van der Waals surface area contributed by atoms with E-state index < -0.39 is 0 Å². The van der Waals surface area contributed by atoms with E-state index in [1.807, 2.05) is 0 Å². The van der Waals surface area contributed by atoms with Crippen LogP contribution in [0.3, 0.4) is 0 Å². The first kappa shape index (κ1) is 33.5. The van der Waals surface area contributed by atoms with Gasteiger partial charge in [-0.25, -0.2) is 0 Å².